The summed E-state index contributed by atoms with van der Waals surface area (Å²) in [5.74, 6) is 2.33. The average Bonchev–Trinajstić information content (AvgIpc) is 3.25. The third-order valence-corrected chi connectivity index (χ3v) is 4.19. The number of aromatic nitrogens is 5. The predicted octanol–water partition coefficient (Wildman–Crippen LogP) is 1.12. The van der Waals surface area contributed by atoms with Crippen LogP contribution in [0.4, 0.5) is 0 Å². The van der Waals surface area contributed by atoms with Gasteiger partial charge in [0.1, 0.15) is 18.7 Å². The van der Waals surface area contributed by atoms with Gasteiger partial charge in [-0.1, -0.05) is 0 Å². The zero-order chi connectivity index (χ0) is 16.2. The van der Waals surface area contributed by atoms with Crippen molar-refractivity contribution in [3.63, 3.8) is 0 Å². The second kappa shape index (κ2) is 8.45. The molecule has 0 amide bonds. The summed E-state index contributed by atoms with van der Waals surface area (Å²) in [6.07, 6.45) is 6.77. The Morgan fingerprint density at radius 1 is 1.38 bits per heavy atom. The lowest BCUT2D eigenvalue weighted by atomic mass is 10.0. The second-order valence-electron chi connectivity index (χ2n) is 5.85. The summed E-state index contributed by atoms with van der Waals surface area (Å²) in [5.41, 5.74) is 1.30. The van der Waals surface area contributed by atoms with Crippen LogP contribution in [0, 0.1) is 0 Å². The first-order chi connectivity index (χ1) is 11.2. The molecule has 132 valence electrons. The lowest BCUT2D eigenvalue weighted by Crippen LogP contribution is -2.40. The molecule has 2 aromatic heterocycles. The van der Waals surface area contributed by atoms with Gasteiger partial charge < -0.3 is 10.2 Å². The number of hydrogen-bond donors (Lipinski definition) is 1. The van der Waals surface area contributed by atoms with E-state index >= 15 is 0 Å². The van der Waals surface area contributed by atoms with E-state index in [2.05, 4.69) is 38.5 Å². The van der Waals surface area contributed by atoms with Crippen LogP contribution >= 0.6 is 24.0 Å². The summed E-state index contributed by atoms with van der Waals surface area (Å²) < 4.78 is 3.63. The van der Waals surface area contributed by atoms with Gasteiger partial charge in [0.2, 0.25) is 0 Å². The first kappa shape index (κ1) is 18.7. The Morgan fingerprint density at radius 2 is 2.21 bits per heavy atom. The van der Waals surface area contributed by atoms with Crippen molar-refractivity contribution in [1.29, 1.82) is 0 Å². The van der Waals surface area contributed by atoms with Crippen LogP contribution in [-0.4, -0.2) is 55.0 Å². The largest absolute Gasteiger partial charge is 0.357 e. The Bertz CT molecular complexity index is 677. The summed E-state index contributed by atoms with van der Waals surface area (Å²) in [7, 11) is 3.85. The topological polar surface area (TPSA) is 76.2 Å². The third-order valence-electron chi connectivity index (χ3n) is 4.19. The van der Waals surface area contributed by atoms with E-state index in [9.17, 15) is 0 Å². The molecule has 3 heterocycles. The molecular weight excluding hydrogens is 419 g/mol. The van der Waals surface area contributed by atoms with E-state index in [0.29, 0.717) is 12.5 Å². The molecule has 1 aliphatic rings. The molecule has 0 aromatic carbocycles. The maximum Gasteiger partial charge on any atom is 0.194 e. The molecule has 0 bridgehead atoms. The molecule has 0 saturated carbocycles. The molecule has 1 N–H and O–H groups in total. The number of guanidine groups is 1. The molecule has 8 nitrogen and oxygen atoms in total. The van der Waals surface area contributed by atoms with Crippen LogP contribution in [0.5, 0.6) is 0 Å². The first-order valence-corrected chi connectivity index (χ1v) is 8.02. The molecule has 1 saturated heterocycles. The normalized spacial score (nSPS) is 17.9. The smallest absolute Gasteiger partial charge is 0.194 e. The van der Waals surface area contributed by atoms with Crippen LogP contribution in [0.1, 0.15) is 30.7 Å². The Balaban J connectivity index is 0.00000208. The molecule has 3 rings (SSSR count). The Kier molecular flexibility index (Phi) is 6.58. The number of hydrogen-bond acceptors (Lipinski definition) is 4. The van der Waals surface area contributed by atoms with Crippen LogP contribution in [0.2, 0.25) is 0 Å². The van der Waals surface area contributed by atoms with E-state index in [1.54, 1.807) is 11.0 Å². The van der Waals surface area contributed by atoms with Gasteiger partial charge in [-0.25, -0.2) is 9.98 Å². The van der Waals surface area contributed by atoms with Gasteiger partial charge in [-0.2, -0.15) is 10.2 Å². The zero-order valence-corrected chi connectivity index (χ0v) is 16.7. The molecule has 0 spiro atoms. The van der Waals surface area contributed by atoms with E-state index in [1.807, 2.05) is 25.0 Å². The van der Waals surface area contributed by atoms with Gasteiger partial charge in [0.15, 0.2) is 5.96 Å². The molecule has 1 aliphatic heterocycles. The van der Waals surface area contributed by atoms with E-state index in [0.717, 1.165) is 37.8 Å². The number of rotatable bonds is 4. The number of nitrogens with zero attached hydrogens (tertiary/aromatic N) is 7. The van der Waals surface area contributed by atoms with Crippen molar-refractivity contribution in [3.05, 3.63) is 30.1 Å². The lowest BCUT2D eigenvalue weighted by Gasteiger charge is -2.21. The van der Waals surface area contributed by atoms with Crippen LogP contribution in [0.3, 0.4) is 0 Å². The van der Waals surface area contributed by atoms with Gasteiger partial charge in [0, 0.05) is 45.8 Å². The molecule has 2 aromatic rings. The number of aliphatic imine (C=N–C) groups is 1. The van der Waals surface area contributed by atoms with Crippen molar-refractivity contribution in [2.45, 2.75) is 25.8 Å². The van der Waals surface area contributed by atoms with Crippen molar-refractivity contribution in [3.8, 4) is 0 Å². The SMILES string of the molecule is CCNC(=NCc1ncnn1C)N1CCC(c2cnn(C)c2)C1.I. The third kappa shape index (κ3) is 4.25. The Morgan fingerprint density at radius 3 is 2.83 bits per heavy atom. The van der Waals surface area contributed by atoms with Crippen LogP contribution in [-0.2, 0) is 20.6 Å². The molecule has 9 heteroatoms. The van der Waals surface area contributed by atoms with E-state index in [4.69, 9.17) is 4.99 Å². The maximum absolute atomic E-state index is 4.72. The lowest BCUT2D eigenvalue weighted by molar-refractivity contribution is 0.485. The maximum atomic E-state index is 4.72. The van der Waals surface area contributed by atoms with Crippen molar-refractivity contribution in [2.24, 2.45) is 19.1 Å². The van der Waals surface area contributed by atoms with E-state index in [1.165, 1.54) is 5.56 Å². The quantitative estimate of drug-likeness (QED) is 0.435. The molecule has 1 unspecified atom stereocenters. The van der Waals surface area contributed by atoms with Gasteiger partial charge in [-0.15, -0.1) is 24.0 Å². The number of nitrogens with one attached hydrogen (secondary N) is 1. The minimum Gasteiger partial charge on any atom is -0.357 e. The Labute approximate surface area is 159 Å². The summed E-state index contributed by atoms with van der Waals surface area (Å²) in [6, 6.07) is 0. The van der Waals surface area contributed by atoms with Crippen molar-refractivity contribution in [1.82, 2.24) is 34.8 Å². The van der Waals surface area contributed by atoms with Crippen molar-refractivity contribution < 1.29 is 0 Å². The van der Waals surface area contributed by atoms with Crippen molar-refractivity contribution >= 4 is 29.9 Å². The number of aryl methyl sites for hydroxylation is 2. The first-order valence-electron chi connectivity index (χ1n) is 8.02. The molecule has 1 fully saturated rings. The summed E-state index contributed by atoms with van der Waals surface area (Å²) in [6.45, 7) is 5.45. The molecule has 0 aliphatic carbocycles. The fourth-order valence-corrected chi connectivity index (χ4v) is 2.91. The van der Waals surface area contributed by atoms with Gasteiger partial charge >= 0.3 is 0 Å². The summed E-state index contributed by atoms with van der Waals surface area (Å²) in [5, 5.41) is 11.7. The van der Waals surface area contributed by atoms with E-state index < -0.39 is 0 Å². The molecular formula is C15H25IN8. The molecule has 1 atom stereocenters. The van der Waals surface area contributed by atoms with E-state index in [-0.39, 0.29) is 24.0 Å². The minimum atomic E-state index is 0. The second-order valence-corrected chi connectivity index (χ2v) is 5.85. The predicted molar refractivity (Wildman–Crippen MR) is 103 cm³/mol. The zero-order valence-electron chi connectivity index (χ0n) is 14.4. The van der Waals surface area contributed by atoms with Crippen LogP contribution < -0.4 is 5.32 Å². The fraction of sp³-hybridized carbons (Fsp3) is 0.600. The molecule has 0 radical (unpaired) electrons. The van der Waals surface area contributed by atoms with Gasteiger partial charge in [0.05, 0.1) is 6.20 Å². The average molecular weight is 444 g/mol. The van der Waals surface area contributed by atoms with Gasteiger partial charge in [-0.3, -0.25) is 9.36 Å². The highest BCUT2D eigenvalue weighted by molar-refractivity contribution is 14.0. The number of likely N-dealkylation sites (tertiary alicyclic amines) is 1. The van der Waals surface area contributed by atoms with Crippen LogP contribution in [0.25, 0.3) is 0 Å². The fourth-order valence-electron chi connectivity index (χ4n) is 2.91. The summed E-state index contributed by atoms with van der Waals surface area (Å²) in [4.78, 5) is 11.3. The molecule has 24 heavy (non-hydrogen) atoms. The monoisotopic (exact) mass is 444 g/mol. The Hall–Kier alpha value is -1.65. The highest BCUT2D eigenvalue weighted by Crippen LogP contribution is 2.26. The van der Waals surface area contributed by atoms with Crippen molar-refractivity contribution in [2.75, 3.05) is 19.6 Å². The van der Waals surface area contributed by atoms with Gasteiger partial charge in [-0.05, 0) is 18.9 Å². The van der Waals surface area contributed by atoms with Gasteiger partial charge in [0.25, 0.3) is 0 Å². The highest BCUT2D eigenvalue weighted by Gasteiger charge is 2.26. The standard InChI is InChI=1S/C15H24N8.HI/c1-4-16-15(17-8-14-18-11-20-22(14)3)23-6-5-12(10-23)13-7-19-21(2)9-13;/h7,9,11-12H,4-6,8,10H2,1-3H3,(H,16,17);1H. The highest BCUT2D eigenvalue weighted by atomic mass is 127. The summed E-state index contributed by atoms with van der Waals surface area (Å²) >= 11 is 0. The van der Waals surface area contributed by atoms with Crippen LogP contribution in [0.15, 0.2) is 23.7 Å². The minimum absolute atomic E-state index is 0. The number of halogens is 1.